The van der Waals surface area contributed by atoms with Crippen LogP contribution in [-0.2, 0) is 0 Å². The Labute approximate surface area is 107 Å². The number of methoxy groups -OCH3 is 1. The molecule has 5 nitrogen and oxygen atoms in total. The Hall–Kier alpha value is -1.75. The number of benzene rings is 1. The first kappa shape index (κ1) is 14.3. The first-order valence-corrected chi connectivity index (χ1v) is 5.88. The van der Waals surface area contributed by atoms with Crippen molar-refractivity contribution in [2.45, 2.75) is 6.92 Å². The first-order valence-electron chi connectivity index (χ1n) is 5.88. The van der Waals surface area contributed by atoms with Crippen LogP contribution in [0.15, 0.2) is 18.2 Å². The monoisotopic (exact) mass is 252 g/mol. The number of nitrogens with one attached hydrogen (secondary N) is 2. The average molecular weight is 252 g/mol. The van der Waals surface area contributed by atoms with Gasteiger partial charge in [0.2, 0.25) is 0 Å². The van der Waals surface area contributed by atoms with Crippen molar-refractivity contribution in [3.8, 4) is 11.5 Å². The van der Waals surface area contributed by atoms with Crippen LogP contribution in [0.2, 0.25) is 0 Å². The number of carbonyl (C=O) groups excluding carboxylic acids is 1. The molecule has 0 aliphatic heterocycles. The highest BCUT2D eigenvalue weighted by Crippen LogP contribution is 2.26. The molecule has 100 valence electrons. The molecule has 0 saturated heterocycles. The first-order chi connectivity index (χ1) is 8.58. The van der Waals surface area contributed by atoms with E-state index in [0.29, 0.717) is 23.8 Å². The summed E-state index contributed by atoms with van der Waals surface area (Å²) >= 11 is 0. The fourth-order valence-corrected chi connectivity index (χ4v) is 1.62. The summed E-state index contributed by atoms with van der Waals surface area (Å²) in [6, 6.07) is 4.59. The van der Waals surface area contributed by atoms with Gasteiger partial charge in [-0.3, -0.25) is 4.79 Å². The van der Waals surface area contributed by atoms with Gasteiger partial charge < -0.3 is 20.5 Å². The molecule has 1 atom stereocenters. The van der Waals surface area contributed by atoms with Crippen LogP contribution in [0.4, 0.5) is 0 Å². The van der Waals surface area contributed by atoms with E-state index in [1.54, 1.807) is 12.1 Å². The van der Waals surface area contributed by atoms with Crippen LogP contribution in [0.1, 0.15) is 17.3 Å². The minimum Gasteiger partial charge on any atom is -0.504 e. The van der Waals surface area contributed by atoms with E-state index in [4.69, 9.17) is 4.74 Å². The van der Waals surface area contributed by atoms with Crippen LogP contribution >= 0.6 is 0 Å². The van der Waals surface area contributed by atoms with Gasteiger partial charge in [0.1, 0.15) is 0 Å². The van der Waals surface area contributed by atoms with Gasteiger partial charge in [-0.2, -0.15) is 0 Å². The molecule has 0 fully saturated rings. The summed E-state index contributed by atoms with van der Waals surface area (Å²) in [5, 5.41) is 15.5. The molecule has 1 aromatic carbocycles. The Balaban J connectivity index is 2.59. The summed E-state index contributed by atoms with van der Waals surface area (Å²) in [7, 11) is 3.34. The van der Waals surface area contributed by atoms with E-state index in [-0.39, 0.29) is 11.7 Å². The molecule has 0 spiro atoms. The highest BCUT2D eigenvalue weighted by Gasteiger charge is 2.10. The summed E-state index contributed by atoms with van der Waals surface area (Å²) in [5.74, 6) is 0.477. The lowest BCUT2D eigenvalue weighted by Gasteiger charge is -2.12. The van der Waals surface area contributed by atoms with Gasteiger partial charge in [-0.05, 0) is 37.7 Å². The van der Waals surface area contributed by atoms with E-state index in [2.05, 4.69) is 10.6 Å². The largest absolute Gasteiger partial charge is 0.504 e. The molecule has 18 heavy (non-hydrogen) atoms. The average Bonchev–Trinajstić information content (AvgIpc) is 2.36. The summed E-state index contributed by atoms with van der Waals surface area (Å²) in [5.41, 5.74) is 0.421. The third-order valence-electron chi connectivity index (χ3n) is 2.60. The fraction of sp³-hybridized carbons (Fsp3) is 0.462. The summed E-state index contributed by atoms with van der Waals surface area (Å²) in [6.45, 7) is 3.48. The van der Waals surface area contributed by atoms with Crippen LogP contribution in [0.5, 0.6) is 11.5 Å². The summed E-state index contributed by atoms with van der Waals surface area (Å²) in [6.07, 6.45) is 0. The molecule has 1 amide bonds. The molecule has 0 aliphatic rings. The summed E-state index contributed by atoms with van der Waals surface area (Å²) < 4.78 is 4.92. The molecule has 0 aliphatic carbocycles. The quantitative estimate of drug-likeness (QED) is 0.706. The molecule has 0 heterocycles. The van der Waals surface area contributed by atoms with E-state index < -0.39 is 0 Å². The molecule has 1 rings (SSSR count). The highest BCUT2D eigenvalue weighted by atomic mass is 16.5. The number of hydrogen-bond acceptors (Lipinski definition) is 4. The SMILES string of the molecule is CNCC(C)CNC(=O)c1ccc(OC)c(O)c1. The number of hydrogen-bond donors (Lipinski definition) is 3. The van der Waals surface area contributed by atoms with Gasteiger partial charge in [-0.15, -0.1) is 0 Å². The molecular weight excluding hydrogens is 232 g/mol. The van der Waals surface area contributed by atoms with Gasteiger partial charge in [-0.25, -0.2) is 0 Å². The molecule has 3 N–H and O–H groups in total. The Bertz CT molecular complexity index is 407. The van der Waals surface area contributed by atoms with Crippen LogP contribution in [0.25, 0.3) is 0 Å². The lowest BCUT2D eigenvalue weighted by Crippen LogP contribution is -2.32. The van der Waals surface area contributed by atoms with E-state index >= 15 is 0 Å². The van der Waals surface area contributed by atoms with Crippen molar-refractivity contribution in [2.75, 3.05) is 27.2 Å². The predicted octanol–water partition coefficient (Wildman–Crippen LogP) is 0.986. The number of phenols is 1. The third-order valence-corrected chi connectivity index (χ3v) is 2.60. The lowest BCUT2D eigenvalue weighted by atomic mass is 10.1. The maximum Gasteiger partial charge on any atom is 0.251 e. The molecule has 0 radical (unpaired) electrons. The lowest BCUT2D eigenvalue weighted by molar-refractivity contribution is 0.0947. The number of aromatic hydroxyl groups is 1. The number of carbonyl (C=O) groups is 1. The fourth-order valence-electron chi connectivity index (χ4n) is 1.62. The number of phenolic OH excluding ortho intramolecular Hbond substituents is 1. The summed E-state index contributed by atoms with van der Waals surface area (Å²) in [4.78, 5) is 11.8. The molecule has 0 bridgehead atoms. The van der Waals surface area contributed by atoms with E-state index in [1.807, 2.05) is 14.0 Å². The van der Waals surface area contributed by atoms with Gasteiger partial charge in [0, 0.05) is 12.1 Å². The topological polar surface area (TPSA) is 70.6 Å². The van der Waals surface area contributed by atoms with Crippen molar-refractivity contribution in [1.82, 2.24) is 10.6 Å². The third kappa shape index (κ3) is 3.92. The second-order valence-electron chi connectivity index (χ2n) is 4.26. The van der Waals surface area contributed by atoms with Gasteiger partial charge in [-0.1, -0.05) is 6.92 Å². The zero-order valence-electron chi connectivity index (χ0n) is 11.0. The molecule has 0 aromatic heterocycles. The van der Waals surface area contributed by atoms with Crippen molar-refractivity contribution in [3.63, 3.8) is 0 Å². The second-order valence-corrected chi connectivity index (χ2v) is 4.26. The van der Waals surface area contributed by atoms with Crippen molar-refractivity contribution in [1.29, 1.82) is 0 Å². The van der Waals surface area contributed by atoms with Gasteiger partial charge >= 0.3 is 0 Å². The number of ether oxygens (including phenoxy) is 1. The van der Waals surface area contributed by atoms with Crippen molar-refractivity contribution < 1.29 is 14.6 Å². The Morgan fingerprint density at radius 1 is 1.44 bits per heavy atom. The van der Waals surface area contributed by atoms with Gasteiger partial charge in [0.05, 0.1) is 7.11 Å². The Morgan fingerprint density at radius 2 is 2.17 bits per heavy atom. The van der Waals surface area contributed by atoms with E-state index in [1.165, 1.54) is 13.2 Å². The minimum atomic E-state index is -0.198. The standard InChI is InChI=1S/C13H20N2O3/c1-9(7-14-2)8-15-13(17)10-4-5-12(18-3)11(16)6-10/h4-6,9,14,16H,7-8H2,1-3H3,(H,15,17). The molecule has 5 heteroatoms. The van der Waals surface area contributed by atoms with E-state index in [0.717, 1.165) is 6.54 Å². The normalized spacial score (nSPS) is 11.9. The highest BCUT2D eigenvalue weighted by molar-refractivity contribution is 5.94. The van der Waals surface area contributed by atoms with E-state index in [9.17, 15) is 9.90 Å². The number of rotatable bonds is 6. The van der Waals surface area contributed by atoms with Crippen LogP contribution in [-0.4, -0.2) is 38.3 Å². The number of amides is 1. The maximum atomic E-state index is 11.8. The minimum absolute atomic E-state index is 0.0339. The maximum absolute atomic E-state index is 11.8. The van der Waals surface area contributed by atoms with Crippen LogP contribution in [0, 0.1) is 5.92 Å². The van der Waals surface area contributed by atoms with Crippen LogP contribution < -0.4 is 15.4 Å². The molecule has 1 aromatic rings. The van der Waals surface area contributed by atoms with Gasteiger partial charge in [0.25, 0.3) is 5.91 Å². The van der Waals surface area contributed by atoms with Crippen LogP contribution in [0.3, 0.4) is 0 Å². The molecule has 1 unspecified atom stereocenters. The Kier molecular flexibility index (Phi) is 5.45. The zero-order valence-corrected chi connectivity index (χ0v) is 11.0. The zero-order chi connectivity index (χ0) is 13.5. The van der Waals surface area contributed by atoms with Crippen molar-refractivity contribution >= 4 is 5.91 Å². The van der Waals surface area contributed by atoms with Crippen molar-refractivity contribution in [2.24, 2.45) is 5.92 Å². The molecular formula is C13H20N2O3. The van der Waals surface area contributed by atoms with Crippen molar-refractivity contribution in [3.05, 3.63) is 23.8 Å². The second kappa shape index (κ2) is 6.86. The smallest absolute Gasteiger partial charge is 0.251 e. The predicted molar refractivity (Wildman–Crippen MR) is 70.1 cm³/mol. The van der Waals surface area contributed by atoms with Gasteiger partial charge in [0.15, 0.2) is 11.5 Å². The molecule has 0 saturated carbocycles. The Morgan fingerprint density at radius 3 is 2.72 bits per heavy atom.